The Labute approximate surface area is 175 Å². The van der Waals surface area contributed by atoms with Crippen LogP contribution in [0.3, 0.4) is 0 Å². The third-order valence-corrected chi connectivity index (χ3v) is 5.65. The molecule has 1 heterocycles. The van der Waals surface area contributed by atoms with Gasteiger partial charge in [0.05, 0.1) is 13.2 Å². The number of ether oxygens (including phenoxy) is 1. The second-order valence-electron chi connectivity index (χ2n) is 7.98. The molecule has 29 heavy (non-hydrogen) atoms. The van der Waals surface area contributed by atoms with Crippen molar-refractivity contribution in [2.75, 3.05) is 33.4 Å². The number of rotatable bonds is 11. The molecule has 164 valence electrons. The normalized spacial score (nSPS) is 14.6. The van der Waals surface area contributed by atoms with Gasteiger partial charge in [0.1, 0.15) is 6.54 Å². The maximum Gasteiger partial charge on any atom is 0.318 e. The number of urea groups is 1. The van der Waals surface area contributed by atoms with Gasteiger partial charge in [0.2, 0.25) is 5.91 Å². The van der Waals surface area contributed by atoms with E-state index in [0.29, 0.717) is 26.2 Å². The van der Waals surface area contributed by atoms with E-state index in [4.69, 9.17) is 4.74 Å². The highest BCUT2D eigenvalue weighted by Crippen LogP contribution is 2.17. The number of amides is 3. The molecule has 3 amide bonds. The minimum Gasteiger partial charge on any atom is -0.383 e. The molecule has 2 rings (SSSR count). The SMILES string of the molecule is CCCCN(CC(=O)N(CCOC)Cc1cccn1C)C(=O)NC1CCCCC1. The maximum atomic E-state index is 13.1. The molecule has 0 saturated heterocycles. The molecule has 0 radical (unpaired) electrons. The monoisotopic (exact) mass is 406 g/mol. The number of hydrogen-bond donors (Lipinski definition) is 1. The van der Waals surface area contributed by atoms with Crippen LogP contribution in [-0.4, -0.2) is 65.7 Å². The van der Waals surface area contributed by atoms with Crippen molar-refractivity contribution in [3.05, 3.63) is 24.0 Å². The zero-order valence-electron chi connectivity index (χ0n) is 18.4. The van der Waals surface area contributed by atoms with E-state index in [2.05, 4.69) is 12.2 Å². The summed E-state index contributed by atoms with van der Waals surface area (Å²) in [5.41, 5.74) is 1.06. The van der Waals surface area contributed by atoms with Crippen molar-refractivity contribution in [3.63, 3.8) is 0 Å². The van der Waals surface area contributed by atoms with Crippen LogP contribution in [0.15, 0.2) is 18.3 Å². The van der Waals surface area contributed by atoms with Crippen LogP contribution in [0.25, 0.3) is 0 Å². The minimum atomic E-state index is -0.107. The quantitative estimate of drug-likeness (QED) is 0.614. The molecular weight excluding hydrogens is 368 g/mol. The standard InChI is InChI=1S/C22H38N4O3/c1-4-5-14-26(22(28)23-19-10-7-6-8-11-19)18-21(27)25(15-16-29-3)17-20-12-9-13-24(20)2/h9,12-13,19H,4-8,10-11,14-18H2,1-3H3,(H,23,28). The van der Waals surface area contributed by atoms with Crippen molar-refractivity contribution in [2.24, 2.45) is 7.05 Å². The molecule has 0 atom stereocenters. The Balaban J connectivity index is 2.01. The van der Waals surface area contributed by atoms with Gasteiger partial charge in [-0.1, -0.05) is 32.6 Å². The van der Waals surface area contributed by atoms with Crippen LogP contribution in [0.4, 0.5) is 4.79 Å². The topological polar surface area (TPSA) is 66.8 Å². The number of nitrogens with one attached hydrogen (secondary N) is 1. The Bertz CT molecular complexity index is 625. The summed E-state index contributed by atoms with van der Waals surface area (Å²) < 4.78 is 7.21. The van der Waals surface area contributed by atoms with Gasteiger partial charge in [0, 0.05) is 45.2 Å². The van der Waals surface area contributed by atoms with Crippen molar-refractivity contribution < 1.29 is 14.3 Å². The highest BCUT2D eigenvalue weighted by molar-refractivity contribution is 5.84. The lowest BCUT2D eigenvalue weighted by Gasteiger charge is -2.30. The molecule has 1 aliphatic carbocycles. The van der Waals surface area contributed by atoms with Gasteiger partial charge in [0.25, 0.3) is 0 Å². The van der Waals surface area contributed by atoms with Gasteiger partial charge in [-0.25, -0.2) is 4.79 Å². The van der Waals surface area contributed by atoms with E-state index >= 15 is 0 Å². The number of nitrogens with zero attached hydrogens (tertiary/aromatic N) is 3. The number of aromatic nitrogens is 1. The summed E-state index contributed by atoms with van der Waals surface area (Å²) in [6, 6.07) is 4.12. The van der Waals surface area contributed by atoms with Gasteiger partial charge >= 0.3 is 6.03 Å². The summed E-state index contributed by atoms with van der Waals surface area (Å²) in [4.78, 5) is 29.4. The zero-order valence-corrected chi connectivity index (χ0v) is 18.4. The van der Waals surface area contributed by atoms with Gasteiger partial charge in [-0.3, -0.25) is 4.79 Å². The molecule has 1 fully saturated rings. The molecule has 0 aliphatic heterocycles. The smallest absolute Gasteiger partial charge is 0.318 e. The van der Waals surface area contributed by atoms with Crippen LogP contribution in [0.1, 0.15) is 57.6 Å². The summed E-state index contributed by atoms with van der Waals surface area (Å²) in [5.74, 6) is -0.0434. The molecular formula is C22H38N4O3. The van der Waals surface area contributed by atoms with E-state index < -0.39 is 0 Å². The van der Waals surface area contributed by atoms with E-state index in [1.807, 2.05) is 29.9 Å². The van der Waals surface area contributed by atoms with Gasteiger partial charge in [-0.2, -0.15) is 0 Å². The second-order valence-corrected chi connectivity index (χ2v) is 7.98. The van der Waals surface area contributed by atoms with E-state index in [0.717, 1.165) is 31.4 Å². The largest absolute Gasteiger partial charge is 0.383 e. The van der Waals surface area contributed by atoms with E-state index in [1.54, 1.807) is 16.9 Å². The summed E-state index contributed by atoms with van der Waals surface area (Å²) in [5, 5.41) is 3.16. The van der Waals surface area contributed by atoms with Crippen LogP contribution in [0.2, 0.25) is 0 Å². The Morgan fingerprint density at radius 1 is 1.21 bits per heavy atom. The molecule has 0 unspecified atom stereocenters. The average Bonchev–Trinajstić information content (AvgIpc) is 3.13. The van der Waals surface area contributed by atoms with E-state index in [9.17, 15) is 9.59 Å². The minimum absolute atomic E-state index is 0.0434. The average molecular weight is 407 g/mol. The fraction of sp³-hybridized carbons (Fsp3) is 0.727. The first-order valence-electron chi connectivity index (χ1n) is 11.0. The lowest BCUT2D eigenvalue weighted by molar-refractivity contribution is -0.133. The predicted octanol–water partition coefficient (Wildman–Crippen LogP) is 3.14. The number of hydrogen-bond acceptors (Lipinski definition) is 3. The molecule has 1 aromatic rings. The summed E-state index contributed by atoms with van der Waals surface area (Å²) in [7, 11) is 3.61. The lowest BCUT2D eigenvalue weighted by atomic mass is 9.96. The molecule has 1 N–H and O–H groups in total. The summed E-state index contributed by atoms with van der Waals surface area (Å²) in [6.45, 7) is 4.29. The van der Waals surface area contributed by atoms with E-state index in [1.165, 1.54) is 19.3 Å². The van der Waals surface area contributed by atoms with Crippen molar-refractivity contribution in [3.8, 4) is 0 Å². The molecule has 1 saturated carbocycles. The summed E-state index contributed by atoms with van der Waals surface area (Å²) in [6.07, 6.45) is 9.50. The summed E-state index contributed by atoms with van der Waals surface area (Å²) >= 11 is 0. The number of carbonyl (C=O) groups is 2. The van der Waals surface area contributed by atoms with Crippen LogP contribution >= 0.6 is 0 Å². The number of methoxy groups -OCH3 is 1. The Morgan fingerprint density at radius 3 is 2.59 bits per heavy atom. The first-order chi connectivity index (χ1) is 14.0. The van der Waals surface area contributed by atoms with Crippen molar-refractivity contribution in [1.29, 1.82) is 0 Å². The van der Waals surface area contributed by atoms with Crippen LogP contribution in [0.5, 0.6) is 0 Å². The molecule has 0 spiro atoms. The van der Waals surface area contributed by atoms with Gasteiger partial charge in [-0.15, -0.1) is 0 Å². The molecule has 7 heteroatoms. The molecule has 0 bridgehead atoms. The molecule has 1 aromatic heterocycles. The zero-order chi connectivity index (χ0) is 21.1. The van der Waals surface area contributed by atoms with Crippen molar-refractivity contribution in [2.45, 2.75) is 64.5 Å². The first-order valence-corrected chi connectivity index (χ1v) is 11.0. The Morgan fingerprint density at radius 2 is 1.97 bits per heavy atom. The highest BCUT2D eigenvalue weighted by atomic mass is 16.5. The third kappa shape index (κ3) is 7.72. The van der Waals surface area contributed by atoms with Gasteiger partial charge in [-0.05, 0) is 31.4 Å². The Hall–Kier alpha value is -2.02. The van der Waals surface area contributed by atoms with Gasteiger partial charge < -0.3 is 24.4 Å². The predicted molar refractivity (Wildman–Crippen MR) is 115 cm³/mol. The molecule has 0 aromatic carbocycles. The van der Waals surface area contributed by atoms with E-state index in [-0.39, 0.29) is 24.5 Å². The number of unbranched alkanes of at least 4 members (excludes halogenated alkanes) is 1. The van der Waals surface area contributed by atoms with Gasteiger partial charge in [0.15, 0.2) is 0 Å². The van der Waals surface area contributed by atoms with Crippen LogP contribution < -0.4 is 5.32 Å². The fourth-order valence-corrected chi connectivity index (χ4v) is 3.73. The highest BCUT2D eigenvalue weighted by Gasteiger charge is 2.24. The van der Waals surface area contributed by atoms with Crippen LogP contribution in [0, 0.1) is 0 Å². The Kier molecular flexibility index (Phi) is 10.0. The van der Waals surface area contributed by atoms with Crippen LogP contribution in [-0.2, 0) is 23.1 Å². The molecule has 7 nitrogen and oxygen atoms in total. The second kappa shape index (κ2) is 12.5. The number of aryl methyl sites for hydroxylation is 1. The lowest BCUT2D eigenvalue weighted by Crippen LogP contribution is -2.50. The fourth-order valence-electron chi connectivity index (χ4n) is 3.73. The van der Waals surface area contributed by atoms with Crippen molar-refractivity contribution in [1.82, 2.24) is 19.7 Å². The van der Waals surface area contributed by atoms with Crippen molar-refractivity contribution >= 4 is 11.9 Å². The first kappa shape index (κ1) is 23.3. The third-order valence-electron chi connectivity index (χ3n) is 5.65. The molecule has 1 aliphatic rings. The number of carbonyl (C=O) groups excluding carboxylic acids is 2. The maximum absolute atomic E-state index is 13.1.